The summed E-state index contributed by atoms with van der Waals surface area (Å²) < 4.78 is 41.6. The maximum absolute atomic E-state index is 13.8. The molecule has 1 N–H and O–H groups in total. The molecule has 2 aromatic rings. The lowest BCUT2D eigenvalue weighted by Crippen LogP contribution is -2.08. The minimum absolute atomic E-state index is 0.0729. The molecule has 0 aliphatic heterocycles. The van der Waals surface area contributed by atoms with Crippen molar-refractivity contribution < 1.29 is 18.0 Å². The van der Waals surface area contributed by atoms with Crippen molar-refractivity contribution in [2.75, 3.05) is 5.32 Å². The van der Waals surface area contributed by atoms with E-state index in [1.807, 2.05) is 0 Å². The topological polar surface area (TPSA) is 46.9 Å². The van der Waals surface area contributed by atoms with Crippen LogP contribution in [-0.4, -0.2) is 15.7 Å². The van der Waals surface area contributed by atoms with Gasteiger partial charge >= 0.3 is 0 Å². The van der Waals surface area contributed by atoms with Gasteiger partial charge in [-0.1, -0.05) is 23.2 Å². The SMILES string of the molecule is CC(=O)Nc1ccn(-c2c(F)c(F)c(Cl)c(F)c2Cl)n1. The summed E-state index contributed by atoms with van der Waals surface area (Å²) in [5.74, 6) is -4.64. The molecule has 0 atom stereocenters. The number of amides is 1. The molecule has 0 spiro atoms. The fourth-order valence-electron chi connectivity index (χ4n) is 1.49. The predicted octanol–water partition coefficient (Wildman–Crippen LogP) is 3.55. The minimum Gasteiger partial charge on any atom is -0.309 e. The second-order valence-corrected chi connectivity index (χ2v) is 4.50. The van der Waals surface area contributed by atoms with E-state index in [-0.39, 0.29) is 5.82 Å². The number of hydrogen-bond donors (Lipinski definition) is 1. The van der Waals surface area contributed by atoms with Gasteiger partial charge in [0.25, 0.3) is 0 Å². The standard InChI is InChI=1S/C11H6Cl2F3N3O/c1-4(20)17-5-2-3-19(18-5)11-7(13)8(14)6(12)9(15)10(11)16/h2-3H,1H3,(H,17,18,20). The highest BCUT2D eigenvalue weighted by molar-refractivity contribution is 6.36. The van der Waals surface area contributed by atoms with Crippen LogP contribution in [0.3, 0.4) is 0 Å². The third kappa shape index (κ3) is 2.46. The lowest BCUT2D eigenvalue weighted by atomic mass is 10.2. The van der Waals surface area contributed by atoms with Crippen LogP contribution >= 0.6 is 23.2 Å². The lowest BCUT2D eigenvalue weighted by molar-refractivity contribution is -0.114. The number of nitrogens with one attached hydrogen (secondary N) is 1. The summed E-state index contributed by atoms with van der Waals surface area (Å²) in [6.45, 7) is 1.24. The molecule has 0 unspecified atom stereocenters. The van der Waals surface area contributed by atoms with Crippen molar-refractivity contribution in [3.05, 3.63) is 39.8 Å². The van der Waals surface area contributed by atoms with Crippen LogP contribution in [0.2, 0.25) is 10.0 Å². The monoisotopic (exact) mass is 323 g/mol. The first-order valence-electron chi connectivity index (χ1n) is 5.18. The Morgan fingerprint density at radius 1 is 1.20 bits per heavy atom. The quantitative estimate of drug-likeness (QED) is 0.678. The number of carbonyl (C=O) groups is 1. The van der Waals surface area contributed by atoms with Crippen LogP contribution in [0.4, 0.5) is 19.0 Å². The summed E-state index contributed by atoms with van der Waals surface area (Å²) >= 11 is 10.9. The highest BCUT2D eigenvalue weighted by atomic mass is 35.5. The van der Waals surface area contributed by atoms with Crippen molar-refractivity contribution in [2.45, 2.75) is 6.92 Å². The Bertz CT molecular complexity index is 673. The largest absolute Gasteiger partial charge is 0.309 e. The fraction of sp³-hybridized carbons (Fsp3) is 0.0909. The average Bonchev–Trinajstić information content (AvgIpc) is 2.81. The number of hydrogen-bond acceptors (Lipinski definition) is 2. The summed E-state index contributed by atoms with van der Waals surface area (Å²) in [5.41, 5.74) is -0.636. The van der Waals surface area contributed by atoms with E-state index in [2.05, 4.69) is 10.4 Å². The number of anilines is 1. The van der Waals surface area contributed by atoms with E-state index >= 15 is 0 Å². The van der Waals surface area contributed by atoms with Gasteiger partial charge in [0, 0.05) is 19.2 Å². The molecule has 0 saturated heterocycles. The first-order chi connectivity index (χ1) is 9.32. The van der Waals surface area contributed by atoms with Crippen molar-refractivity contribution in [2.24, 2.45) is 0 Å². The van der Waals surface area contributed by atoms with Gasteiger partial charge in [-0.2, -0.15) is 0 Å². The zero-order chi connectivity index (χ0) is 15.0. The molecule has 4 nitrogen and oxygen atoms in total. The molecular formula is C11H6Cl2F3N3O. The number of aromatic nitrogens is 2. The Kier molecular flexibility index (Phi) is 3.92. The minimum atomic E-state index is -1.57. The van der Waals surface area contributed by atoms with E-state index in [4.69, 9.17) is 23.2 Å². The van der Waals surface area contributed by atoms with Crippen molar-refractivity contribution in [3.8, 4) is 5.69 Å². The molecule has 0 fully saturated rings. The van der Waals surface area contributed by atoms with Crippen LogP contribution in [-0.2, 0) is 4.79 Å². The number of nitrogens with zero attached hydrogens (tertiary/aromatic N) is 2. The molecule has 1 heterocycles. The van der Waals surface area contributed by atoms with Crippen molar-refractivity contribution in [3.63, 3.8) is 0 Å². The Hall–Kier alpha value is -1.73. The normalized spacial score (nSPS) is 10.7. The number of benzene rings is 1. The highest BCUT2D eigenvalue weighted by Gasteiger charge is 2.24. The molecule has 2 rings (SSSR count). The van der Waals surface area contributed by atoms with E-state index in [9.17, 15) is 18.0 Å². The molecular weight excluding hydrogens is 318 g/mol. The average molecular weight is 324 g/mol. The third-order valence-corrected chi connectivity index (χ3v) is 2.99. The Morgan fingerprint density at radius 3 is 2.45 bits per heavy atom. The predicted molar refractivity (Wildman–Crippen MR) is 67.8 cm³/mol. The molecule has 20 heavy (non-hydrogen) atoms. The van der Waals surface area contributed by atoms with Crippen LogP contribution in [0.15, 0.2) is 12.3 Å². The summed E-state index contributed by atoms with van der Waals surface area (Å²) in [5, 5.41) is 4.31. The number of carbonyl (C=O) groups excluding carboxylic acids is 1. The van der Waals surface area contributed by atoms with Crippen LogP contribution in [0, 0.1) is 17.5 Å². The van der Waals surface area contributed by atoms with Gasteiger partial charge in [-0.15, -0.1) is 5.10 Å². The first-order valence-corrected chi connectivity index (χ1v) is 5.93. The van der Waals surface area contributed by atoms with E-state index in [1.54, 1.807) is 0 Å². The van der Waals surface area contributed by atoms with E-state index < -0.39 is 39.1 Å². The number of halogens is 5. The molecule has 106 valence electrons. The van der Waals surface area contributed by atoms with E-state index in [0.29, 0.717) is 0 Å². The molecule has 0 radical (unpaired) electrons. The van der Waals surface area contributed by atoms with Crippen molar-refractivity contribution >= 4 is 34.9 Å². The van der Waals surface area contributed by atoms with Gasteiger partial charge in [-0.3, -0.25) is 4.79 Å². The second kappa shape index (κ2) is 5.34. The molecule has 0 bridgehead atoms. The third-order valence-electron chi connectivity index (χ3n) is 2.31. The lowest BCUT2D eigenvalue weighted by Gasteiger charge is -2.09. The van der Waals surface area contributed by atoms with Gasteiger partial charge < -0.3 is 5.32 Å². The van der Waals surface area contributed by atoms with Gasteiger partial charge in [0.1, 0.15) is 15.7 Å². The van der Waals surface area contributed by atoms with Gasteiger partial charge in [0.15, 0.2) is 23.3 Å². The summed E-state index contributed by atoms with van der Waals surface area (Å²) in [4.78, 5) is 10.8. The van der Waals surface area contributed by atoms with Crippen LogP contribution in [0.5, 0.6) is 0 Å². The second-order valence-electron chi connectivity index (χ2n) is 3.75. The molecule has 0 aliphatic rings. The summed E-state index contributed by atoms with van der Waals surface area (Å²) in [6.07, 6.45) is 1.18. The number of rotatable bonds is 2. The molecule has 0 aliphatic carbocycles. The molecule has 0 saturated carbocycles. The maximum Gasteiger partial charge on any atom is 0.222 e. The molecule has 1 aromatic carbocycles. The summed E-state index contributed by atoms with van der Waals surface area (Å²) in [6, 6.07) is 1.31. The van der Waals surface area contributed by atoms with E-state index in [1.165, 1.54) is 19.2 Å². The van der Waals surface area contributed by atoms with E-state index in [0.717, 1.165) is 4.68 Å². The Morgan fingerprint density at radius 2 is 1.85 bits per heavy atom. The molecule has 1 aromatic heterocycles. The van der Waals surface area contributed by atoms with Gasteiger partial charge in [0.2, 0.25) is 5.91 Å². The zero-order valence-electron chi connectivity index (χ0n) is 9.85. The molecule has 1 amide bonds. The Labute approximate surface area is 121 Å². The van der Waals surface area contributed by atoms with Gasteiger partial charge in [-0.05, 0) is 0 Å². The maximum atomic E-state index is 13.8. The van der Waals surface area contributed by atoms with Crippen molar-refractivity contribution in [1.82, 2.24) is 9.78 Å². The zero-order valence-corrected chi connectivity index (χ0v) is 11.4. The van der Waals surface area contributed by atoms with Gasteiger partial charge in [0.05, 0.1) is 0 Å². The summed E-state index contributed by atoms with van der Waals surface area (Å²) in [7, 11) is 0. The van der Waals surface area contributed by atoms with Crippen LogP contribution in [0.25, 0.3) is 5.69 Å². The molecule has 9 heteroatoms. The van der Waals surface area contributed by atoms with Crippen LogP contribution in [0.1, 0.15) is 6.92 Å². The fourth-order valence-corrected chi connectivity index (χ4v) is 1.98. The smallest absolute Gasteiger partial charge is 0.222 e. The van der Waals surface area contributed by atoms with Gasteiger partial charge in [-0.25, -0.2) is 17.9 Å². The highest BCUT2D eigenvalue weighted by Crippen LogP contribution is 2.34. The first kappa shape index (κ1) is 14.7. The Balaban J connectivity index is 2.58. The van der Waals surface area contributed by atoms with Crippen molar-refractivity contribution in [1.29, 1.82) is 0 Å². The van der Waals surface area contributed by atoms with Crippen LogP contribution < -0.4 is 5.32 Å².